The number of nitrogens with one attached hydrogen (secondary N) is 1. The lowest BCUT2D eigenvalue weighted by Gasteiger charge is -2.36. The Labute approximate surface area is 130 Å². The molecule has 6 nitrogen and oxygen atoms in total. The number of aromatic nitrogens is 3. The van der Waals surface area contributed by atoms with E-state index in [1.54, 1.807) is 12.5 Å². The Hall–Kier alpha value is -2.37. The van der Waals surface area contributed by atoms with Crippen LogP contribution in [0.25, 0.3) is 0 Å². The van der Waals surface area contributed by atoms with Gasteiger partial charge in [0.1, 0.15) is 17.8 Å². The Kier molecular flexibility index (Phi) is 4.37. The predicted molar refractivity (Wildman–Crippen MR) is 89.2 cm³/mol. The molecule has 3 rings (SSSR count). The number of nitrogens with zero attached hydrogens (tertiary/aromatic N) is 4. The molecule has 0 saturated carbocycles. The molecule has 6 heteroatoms. The van der Waals surface area contributed by atoms with Gasteiger partial charge in [0.2, 0.25) is 0 Å². The third-order valence-electron chi connectivity index (χ3n) is 4.14. The SMILES string of the molecule is CCC1CCCCN1c1ncnc(Nc2ccccn2)c1N. The van der Waals surface area contributed by atoms with Crippen molar-refractivity contribution in [3.63, 3.8) is 0 Å². The highest BCUT2D eigenvalue weighted by Gasteiger charge is 2.24. The first-order chi connectivity index (χ1) is 10.8. The van der Waals surface area contributed by atoms with Gasteiger partial charge in [0.25, 0.3) is 0 Å². The van der Waals surface area contributed by atoms with Crippen LogP contribution in [0, 0.1) is 0 Å². The van der Waals surface area contributed by atoms with Crippen LogP contribution in [0.5, 0.6) is 0 Å². The Morgan fingerprint density at radius 3 is 2.95 bits per heavy atom. The van der Waals surface area contributed by atoms with Crippen LogP contribution in [-0.2, 0) is 0 Å². The molecule has 1 atom stereocenters. The second-order valence-corrected chi connectivity index (χ2v) is 5.55. The molecule has 2 aromatic heterocycles. The van der Waals surface area contributed by atoms with Crippen molar-refractivity contribution in [3.05, 3.63) is 30.7 Å². The van der Waals surface area contributed by atoms with E-state index in [2.05, 4.69) is 32.1 Å². The fraction of sp³-hybridized carbons (Fsp3) is 0.438. The van der Waals surface area contributed by atoms with Gasteiger partial charge in [-0.05, 0) is 37.8 Å². The number of hydrogen-bond donors (Lipinski definition) is 2. The molecule has 1 aliphatic rings. The molecule has 0 radical (unpaired) electrons. The average molecular weight is 298 g/mol. The summed E-state index contributed by atoms with van der Waals surface area (Å²) in [6.07, 6.45) is 8.06. The average Bonchev–Trinajstić information content (AvgIpc) is 2.58. The number of rotatable bonds is 4. The van der Waals surface area contributed by atoms with Crippen molar-refractivity contribution < 1.29 is 0 Å². The fourth-order valence-electron chi connectivity index (χ4n) is 2.98. The van der Waals surface area contributed by atoms with Crippen molar-refractivity contribution in [2.45, 2.75) is 38.6 Å². The van der Waals surface area contributed by atoms with E-state index >= 15 is 0 Å². The second-order valence-electron chi connectivity index (χ2n) is 5.55. The van der Waals surface area contributed by atoms with Crippen molar-refractivity contribution in [2.75, 3.05) is 22.5 Å². The Morgan fingerprint density at radius 2 is 2.18 bits per heavy atom. The first-order valence-electron chi connectivity index (χ1n) is 7.84. The molecule has 1 aliphatic heterocycles. The minimum Gasteiger partial charge on any atom is -0.393 e. The number of piperidine rings is 1. The molecule has 22 heavy (non-hydrogen) atoms. The Morgan fingerprint density at radius 1 is 1.27 bits per heavy atom. The standard InChI is InChI=1S/C16H22N6/c1-2-12-7-4-6-10-22(12)16-14(17)15(19-11-20-16)21-13-8-3-5-9-18-13/h3,5,8-9,11-12H,2,4,6-7,10,17H2,1H3,(H,18,19,20,21). The molecule has 3 heterocycles. The molecule has 0 spiro atoms. The van der Waals surface area contributed by atoms with Gasteiger partial charge in [-0.2, -0.15) is 0 Å². The summed E-state index contributed by atoms with van der Waals surface area (Å²) < 4.78 is 0. The molecule has 1 saturated heterocycles. The third kappa shape index (κ3) is 2.95. The first kappa shape index (κ1) is 14.6. The molecule has 0 aromatic carbocycles. The first-order valence-corrected chi connectivity index (χ1v) is 7.84. The molecule has 0 bridgehead atoms. The second kappa shape index (κ2) is 6.60. The summed E-state index contributed by atoms with van der Waals surface area (Å²) in [5, 5.41) is 3.17. The van der Waals surface area contributed by atoms with Crippen LogP contribution in [0.2, 0.25) is 0 Å². The van der Waals surface area contributed by atoms with Crippen LogP contribution in [0.4, 0.5) is 23.1 Å². The van der Waals surface area contributed by atoms with Crippen LogP contribution in [0.3, 0.4) is 0 Å². The van der Waals surface area contributed by atoms with Gasteiger partial charge in [-0.25, -0.2) is 15.0 Å². The monoisotopic (exact) mass is 298 g/mol. The van der Waals surface area contributed by atoms with Gasteiger partial charge in [-0.15, -0.1) is 0 Å². The predicted octanol–water partition coefficient (Wildman–Crippen LogP) is 2.97. The zero-order valence-corrected chi connectivity index (χ0v) is 12.9. The smallest absolute Gasteiger partial charge is 0.160 e. The maximum atomic E-state index is 6.32. The lowest BCUT2D eigenvalue weighted by atomic mass is 10.00. The zero-order valence-electron chi connectivity index (χ0n) is 12.9. The number of pyridine rings is 1. The molecule has 0 amide bonds. The minimum absolute atomic E-state index is 0.508. The highest BCUT2D eigenvalue weighted by atomic mass is 15.2. The van der Waals surface area contributed by atoms with Crippen LogP contribution in [0.1, 0.15) is 32.6 Å². The van der Waals surface area contributed by atoms with E-state index in [9.17, 15) is 0 Å². The van der Waals surface area contributed by atoms with Gasteiger partial charge in [0.15, 0.2) is 11.6 Å². The molecule has 0 aliphatic carbocycles. The van der Waals surface area contributed by atoms with Crippen LogP contribution >= 0.6 is 0 Å². The maximum Gasteiger partial charge on any atom is 0.160 e. The van der Waals surface area contributed by atoms with Crippen molar-refractivity contribution in [1.29, 1.82) is 0 Å². The van der Waals surface area contributed by atoms with E-state index in [4.69, 9.17) is 5.73 Å². The zero-order chi connectivity index (χ0) is 15.4. The molecular formula is C16H22N6. The van der Waals surface area contributed by atoms with E-state index < -0.39 is 0 Å². The van der Waals surface area contributed by atoms with Gasteiger partial charge < -0.3 is 16.0 Å². The lowest BCUT2D eigenvalue weighted by molar-refractivity contribution is 0.447. The number of anilines is 4. The van der Waals surface area contributed by atoms with Crippen molar-refractivity contribution in [2.24, 2.45) is 0 Å². The van der Waals surface area contributed by atoms with Crippen molar-refractivity contribution >= 4 is 23.1 Å². The van der Waals surface area contributed by atoms with Gasteiger partial charge in [-0.3, -0.25) is 0 Å². The van der Waals surface area contributed by atoms with Gasteiger partial charge >= 0.3 is 0 Å². The molecule has 2 aromatic rings. The summed E-state index contributed by atoms with van der Waals surface area (Å²) in [4.78, 5) is 15.3. The molecule has 3 N–H and O–H groups in total. The highest BCUT2D eigenvalue weighted by Crippen LogP contribution is 2.32. The largest absolute Gasteiger partial charge is 0.393 e. The Bertz CT molecular complexity index is 615. The summed E-state index contributed by atoms with van der Waals surface area (Å²) in [6.45, 7) is 3.22. The van der Waals surface area contributed by atoms with Gasteiger partial charge in [0, 0.05) is 18.8 Å². The van der Waals surface area contributed by atoms with Crippen LogP contribution in [0.15, 0.2) is 30.7 Å². The molecule has 1 fully saturated rings. The van der Waals surface area contributed by atoms with Crippen LogP contribution < -0.4 is 16.0 Å². The van der Waals surface area contributed by atoms with Crippen molar-refractivity contribution in [1.82, 2.24) is 15.0 Å². The maximum absolute atomic E-state index is 6.32. The van der Waals surface area contributed by atoms with E-state index in [0.29, 0.717) is 17.5 Å². The van der Waals surface area contributed by atoms with Gasteiger partial charge in [0.05, 0.1) is 0 Å². The third-order valence-corrected chi connectivity index (χ3v) is 4.14. The van der Waals surface area contributed by atoms with Crippen molar-refractivity contribution in [3.8, 4) is 0 Å². The highest BCUT2D eigenvalue weighted by molar-refractivity contribution is 5.77. The quantitative estimate of drug-likeness (QED) is 0.903. The molecule has 116 valence electrons. The lowest BCUT2D eigenvalue weighted by Crippen LogP contribution is -2.40. The molecule has 1 unspecified atom stereocenters. The number of nitrogens with two attached hydrogens (primary N) is 1. The normalized spacial score (nSPS) is 18.2. The van der Waals surface area contributed by atoms with E-state index in [1.807, 2.05) is 18.2 Å². The van der Waals surface area contributed by atoms with E-state index in [-0.39, 0.29) is 0 Å². The topological polar surface area (TPSA) is 80.0 Å². The van der Waals surface area contributed by atoms with Gasteiger partial charge in [-0.1, -0.05) is 13.0 Å². The summed E-state index contributed by atoms with van der Waals surface area (Å²) in [7, 11) is 0. The summed E-state index contributed by atoms with van der Waals surface area (Å²) in [5.41, 5.74) is 6.91. The minimum atomic E-state index is 0.508. The van der Waals surface area contributed by atoms with E-state index in [1.165, 1.54) is 19.3 Å². The number of hydrogen-bond acceptors (Lipinski definition) is 6. The summed E-state index contributed by atoms with van der Waals surface area (Å²) in [6, 6.07) is 6.19. The number of nitrogen functional groups attached to an aromatic ring is 1. The van der Waals surface area contributed by atoms with Crippen LogP contribution in [-0.4, -0.2) is 27.5 Å². The fourth-order valence-corrected chi connectivity index (χ4v) is 2.98. The Balaban J connectivity index is 1.88. The summed E-state index contributed by atoms with van der Waals surface area (Å²) in [5.74, 6) is 2.17. The van der Waals surface area contributed by atoms with E-state index in [0.717, 1.165) is 24.6 Å². The molecular weight excluding hydrogens is 276 g/mol. The summed E-state index contributed by atoms with van der Waals surface area (Å²) >= 11 is 0.